The summed E-state index contributed by atoms with van der Waals surface area (Å²) in [6, 6.07) is 4.77. The summed E-state index contributed by atoms with van der Waals surface area (Å²) in [5.41, 5.74) is 6.80. The van der Waals surface area contributed by atoms with Gasteiger partial charge in [0.15, 0.2) is 0 Å². The monoisotopic (exact) mass is 274 g/mol. The summed E-state index contributed by atoms with van der Waals surface area (Å²) in [5.74, 6) is 0. The van der Waals surface area contributed by atoms with E-state index >= 15 is 0 Å². The molecule has 1 rings (SSSR count). The van der Waals surface area contributed by atoms with Crippen LogP contribution in [0.3, 0.4) is 0 Å². The molecule has 0 radical (unpaired) electrons. The zero-order valence-corrected chi connectivity index (χ0v) is 11.0. The Hall–Kier alpha value is -1.15. The number of aliphatic hydroxyl groups is 1. The number of benzene rings is 1. The number of hydrogen-bond acceptors (Lipinski definition) is 5. The van der Waals surface area contributed by atoms with E-state index in [0.717, 1.165) is 5.56 Å². The number of hydrogen-bond donors (Lipinski definition) is 3. The molecule has 4 N–H and O–H groups in total. The molecular formula is C11H18N2O4S. The number of sulfonamides is 1. The lowest BCUT2D eigenvalue weighted by Crippen LogP contribution is -2.28. The van der Waals surface area contributed by atoms with Crippen molar-refractivity contribution in [2.75, 3.05) is 32.1 Å². The number of anilines is 1. The highest BCUT2D eigenvalue weighted by Gasteiger charge is 2.16. The molecule has 0 unspecified atom stereocenters. The average Bonchev–Trinajstić information content (AvgIpc) is 2.28. The van der Waals surface area contributed by atoms with Gasteiger partial charge in [0.05, 0.1) is 25.5 Å². The van der Waals surface area contributed by atoms with E-state index in [0.29, 0.717) is 0 Å². The molecular weight excluding hydrogens is 256 g/mol. The van der Waals surface area contributed by atoms with Gasteiger partial charge in [0, 0.05) is 6.54 Å². The van der Waals surface area contributed by atoms with Crippen molar-refractivity contribution in [1.82, 2.24) is 4.72 Å². The molecule has 18 heavy (non-hydrogen) atoms. The fourth-order valence-corrected chi connectivity index (χ4v) is 2.53. The second kappa shape index (κ2) is 6.69. The summed E-state index contributed by atoms with van der Waals surface area (Å²) in [7, 11) is -3.61. The van der Waals surface area contributed by atoms with Gasteiger partial charge >= 0.3 is 0 Å². The summed E-state index contributed by atoms with van der Waals surface area (Å²) in [6.45, 7) is 2.27. The predicted molar refractivity (Wildman–Crippen MR) is 68.7 cm³/mol. The van der Waals surface area contributed by atoms with Gasteiger partial charge in [0.2, 0.25) is 10.0 Å². The van der Waals surface area contributed by atoms with Crippen LogP contribution in [-0.4, -0.2) is 39.9 Å². The molecule has 0 bridgehead atoms. The number of aliphatic hydroxyl groups excluding tert-OH is 1. The minimum Gasteiger partial charge on any atom is -0.398 e. The molecule has 0 amide bonds. The van der Waals surface area contributed by atoms with Gasteiger partial charge in [-0.1, -0.05) is 6.07 Å². The molecule has 0 aliphatic heterocycles. The van der Waals surface area contributed by atoms with Crippen LogP contribution in [0.5, 0.6) is 0 Å². The van der Waals surface area contributed by atoms with Crippen LogP contribution in [0, 0.1) is 6.92 Å². The highest BCUT2D eigenvalue weighted by Crippen LogP contribution is 2.18. The van der Waals surface area contributed by atoms with Crippen LogP contribution in [0.1, 0.15) is 5.56 Å². The van der Waals surface area contributed by atoms with E-state index < -0.39 is 10.0 Å². The molecule has 0 fully saturated rings. The van der Waals surface area contributed by atoms with Crippen LogP contribution in [0.25, 0.3) is 0 Å². The highest BCUT2D eigenvalue weighted by molar-refractivity contribution is 7.89. The molecule has 0 aliphatic rings. The first-order valence-corrected chi connectivity index (χ1v) is 7.00. The van der Waals surface area contributed by atoms with Crippen LogP contribution >= 0.6 is 0 Å². The van der Waals surface area contributed by atoms with Gasteiger partial charge < -0.3 is 15.6 Å². The highest BCUT2D eigenvalue weighted by atomic mass is 32.2. The summed E-state index contributed by atoms with van der Waals surface area (Å²) < 4.78 is 31.1. The van der Waals surface area contributed by atoms with Gasteiger partial charge in [-0.05, 0) is 24.6 Å². The Kier molecular flexibility index (Phi) is 5.54. The largest absolute Gasteiger partial charge is 0.398 e. The van der Waals surface area contributed by atoms with E-state index in [9.17, 15) is 8.42 Å². The predicted octanol–water partition coefficient (Wildman–Crippen LogP) is -0.136. The van der Waals surface area contributed by atoms with Crippen LogP contribution in [0.2, 0.25) is 0 Å². The van der Waals surface area contributed by atoms with Gasteiger partial charge in [0.1, 0.15) is 4.90 Å². The maximum atomic E-state index is 11.9. The standard InChI is InChI=1S/C11H18N2O4S/c1-9-2-3-11(10(12)8-9)18(15,16)13-4-6-17-7-5-14/h2-3,8,13-14H,4-7,12H2,1H3. The van der Waals surface area contributed by atoms with Crippen LogP contribution in [0.4, 0.5) is 5.69 Å². The van der Waals surface area contributed by atoms with Crippen molar-refractivity contribution >= 4 is 15.7 Å². The van der Waals surface area contributed by atoms with Crippen LogP contribution in [0.15, 0.2) is 23.1 Å². The van der Waals surface area contributed by atoms with Gasteiger partial charge in [-0.3, -0.25) is 0 Å². The fourth-order valence-electron chi connectivity index (χ4n) is 1.41. The minimum atomic E-state index is -3.61. The number of nitrogens with one attached hydrogen (secondary N) is 1. The molecule has 1 aromatic carbocycles. The number of ether oxygens (including phenoxy) is 1. The smallest absolute Gasteiger partial charge is 0.242 e. The molecule has 102 valence electrons. The number of rotatable bonds is 7. The van der Waals surface area contributed by atoms with Crippen molar-refractivity contribution in [2.45, 2.75) is 11.8 Å². The molecule has 0 aromatic heterocycles. The average molecular weight is 274 g/mol. The lowest BCUT2D eigenvalue weighted by molar-refractivity contribution is 0.0961. The topological polar surface area (TPSA) is 102 Å². The van der Waals surface area contributed by atoms with Crippen molar-refractivity contribution in [3.05, 3.63) is 23.8 Å². The summed E-state index contributed by atoms with van der Waals surface area (Å²) in [5, 5.41) is 8.49. The van der Waals surface area contributed by atoms with Gasteiger partial charge in [-0.2, -0.15) is 0 Å². The summed E-state index contributed by atoms with van der Waals surface area (Å²) >= 11 is 0. The van der Waals surface area contributed by atoms with Crippen molar-refractivity contribution in [3.63, 3.8) is 0 Å². The molecule has 7 heteroatoms. The lowest BCUT2D eigenvalue weighted by Gasteiger charge is -2.09. The first-order valence-electron chi connectivity index (χ1n) is 5.52. The fraction of sp³-hybridized carbons (Fsp3) is 0.455. The third kappa shape index (κ3) is 4.26. The normalized spacial score (nSPS) is 11.7. The Morgan fingerprint density at radius 1 is 1.39 bits per heavy atom. The second-order valence-electron chi connectivity index (χ2n) is 3.78. The molecule has 0 saturated heterocycles. The molecule has 0 atom stereocenters. The Labute approximate surface area is 107 Å². The summed E-state index contributed by atoms with van der Waals surface area (Å²) in [4.78, 5) is 0.0651. The first-order chi connectivity index (χ1) is 8.47. The van der Waals surface area contributed by atoms with Crippen LogP contribution in [-0.2, 0) is 14.8 Å². The van der Waals surface area contributed by atoms with Crippen LogP contribution < -0.4 is 10.5 Å². The van der Waals surface area contributed by atoms with Crippen molar-refractivity contribution in [2.24, 2.45) is 0 Å². The third-order valence-corrected chi connectivity index (χ3v) is 3.76. The van der Waals surface area contributed by atoms with Crippen molar-refractivity contribution < 1.29 is 18.3 Å². The van der Waals surface area contributed by atoms with E-state index in [1.165, 1.54) is 6.07 Å². The number of nitrogens with two attached hydrogens (primary N) is 1. The van der Waals surface area contributed by atoms with E-state index in [2.05, 4.69) is 4.72 Å². The summed E-state index contributed by atoms with van der Waals surface area (Å²) in [6.07, 6.45) is 0. The van der Waals surface area contributed by atoms with E-state index in [1.54, 1.807) is 12.1 Å². The minimum absolute atomic E-state index is 0.0651. The Bertz CT molecular complexity index is 488. The van der Waals surface area contributed by atoms with Crippen molar-refractivity contribution in [1.29, 1.82) is 0 Å². The molecule has 0 saturated carbocycles. The van der Waals surface area contributed by atoms with E-state index in [-0.39, 0.29) is 36.9 Å². The lowest BCUT2D eigenvalue weighted by atomic mass is 10.2. The Morgan fingerprint density at radius 3 is 2.72 bits per heavy atom. The zero-order chi connectivity index (χ0) is 13.6. The molecule has 6 nitrogen and oxygen atoms in total. The number of nitrogen functional groups attached to an aromatic ring is 1. The van der Waals surface area contributed by atoms with Crippen molar-refractivity contribution in [3.8, 4) is 0 Å². The maximum absolute atomic E-state index is 11.9. The Balaban J connectivity index is 2.63. The Morgan fingerprint density at radius 2 is 2.11 bits per heavy atom. The van der Waals surface area contributed by atoms with Gasteiger partial charge in [-0.15, -0.1) is 0 Å². The first kappa shape index (κ1) is 14.9. The quantitative estimate of drug-likeness (QED) is 0.474. The number of aryl methyl sites for hydroxylation is 1. The second-order valence-corrected chi connectivity index (χ2v) is 5.51. The zero-order valence-electron chi connectivity index (χ0n) is 10.2. The molecule has 0 heterocycles. The van der Waals surface area contributed by atoms with Gasteiger partial charge in [0.25, 0.3) is 0 Å². The molecule has 0 spiro atoms. The van der Waals surface area contributed by atoms with E-state index in [1.807, 2.05) is 6.92 Å². The maximum Gasteiger partial charge on any atom is 0.242 e. The van der Waals surface area contributed by atoms with E-state index in [4.69, 9.17) is 15.6 Å². The SMILES string of the molecule is Cc1ccc(S(=O)(=O)NCCOCCO)c(N)c1. The molecule has 1 aromatic rings. The third-order valence-electron chi connectivity index (χ3n) is 2.23. The molecule has 0 aliphatic carbocycles. The van der Waals surface area contributed by atoms with Gasteiger partial charge in [-0.25, -0.2) is 13.1 Å².